The number of hydrogen-bond donors (Lipinski definition) is 2. The van der Waals surface area contributed by atoms with Gasteiger partial charge in [-0.05, 0) is 62.5 Å². The van der Waals surface area contributed by atoms with Gasteiger partial charge in [0.1, 0.15) is 6.10 Å². The molecule has 110 valence electrons. The van der Waals surface area contributed by atoms with E-state index in [1.165, 1.54) is 5.57 Å². The number of aliphatic hydroxyl groups is 2. The molecule has 2 aliphatic rings. The van der Waals surface area contributed by atoms with Gasteiger partial charge < -0.3 is 14.9 Å². The Bertz CT molecular complexity index is 379. The van der Waals surface area contributed by atoms with Gasteiger partial charge in [-0.1, -0.05) is 13.8 Å². The first-order valence-electron chi connectivity index (χ1n) is 7.42. The lowest BCUT2D eigenvalue weighted by Crippen LogP contribution is -2.51. The van der Waals surface area contributed by atoms with Gasteiger partial charge in [0.05, 0.1) is 11.2 Å². The number of aliphatic hydroxyl groups excluding tert-OH is 1. The van der Waals surface area contributed by atoms with Gasteiger partial charge in [0.15, 0.2) is 0 Å². The molecule has 4 unspecified atom stereocenters. The minimum atomic E-state index is -1.00. The first-order chi connectivity index (χ1) is 8.73. The third-order valence-corrected chi connectivity index (χ3v) is 5.34. The van der Waals surface area contributed by atoms with Gasteiger partial charge in [0.25, 0.3) is 0 Å². The van der Waals surface area contributed by atoms with E-state index in [0.29, 0.717) is 18.3 Å². The Morgan fingerprint density at radius 2 is 1.89 bits per heavy atom. The molecule has 0 aromatic rings. The Kier molecular flexibility index (Phi) is 3.85. The minimum Gasteiger partial charge on any atom is -0.387 e. The maximum Gasteiger partial charge on any atom is 0.104 e. The molecule has 0 aromatic carbocycles. The normalized spacial score (nSPS) is 43.6. The Hall–Kier alpha value is -0.380. The zero-order chi connectivity index (χ0) is 14.4. The van der Waals surface area contributed by atoms with Crippen LogP contribution >= 0.6 is 0 Å². The van der Waals surface area contributed by atoms with Crippen LogP contribution in [-0.2, 0) is 4.74 Å². The van der Waals surface area contributed by atoms with Crippen LogP contribution < -0.4 is 0 Å². The summed E-state index contributed by atoms with van der Waals surface area (Å²) in [6.07, 6.45) is 2.70. The van der Waals surface area contributed by atoms with E-state index in [2.05, 4.69) is 20.8 Å². The molecular formula is C16H28O3. The molecular weight excluding hydrogens is 240 g/mol. The average molecular weight is 268 g/mol. The highest BCUT2D eigenvalue weighted by Crippen LogP contribution is 2.50. The fraction of sp³-hybridized carbons (Fsp3) is 0.875. The predicted molar refractivity (Wildman–Crippen MR) is 75.9 cm³/mol. The van der Waals surface area contributed by atoms with Crippen molar-refractivity contribution in [2.24, 2.45) is 11.8 Å². The van der Waals surface area contributed by atoms with Crippen molar-refractivity contribution < 1.29 is 14.9 Å². The number of ether oxygens (including phenoxy) is 1. The van der Waals surface area contributed by atoms with Gasteiger partial charge in [-0.15, -0.1) is 0 Å². The summed E-state index contributed by atoms with van der Waals surface area (Å²) in [5.74, 6) is 0.843. The van der Waals surface area contributed by atoms with Crippen LogP contribution in [0.15, 0.2) is 11.1 Å². The fourth-order valence-corrected chi connectivity index (χ4v) is 3.81. The van der Waals surface area contributed by atoms with Crippen LogP contribution in [0.5, 0.6) is 0 Å². The lowest BCUT2D eigenvalue weighted by atomic mass is 9.62. The second-order valence-corrected chi connectivity index (χ2v) is 7.02. The molecule has 0 saturated carbocycles. The van der Waals surface area contributed by atoms with Crippen molar-refractivity contribution >= 4 is 0 Å². The molecule has 4 atom stereocenters. The van der Waals surface area contributed by atoms with Gasteiger partial charge in [0.2, 0.25) is 0 Å². The van der Waals surface area contributed by atoms with Gasteiger partial charge in [-0.2, -0.15) is 0 Å². The minimum absolute atomic E-state index is 0.266. The Morgan fingerprint density at radius 3 is 2.42 bits per heavy atom. The van der Waals surface area contributed by atoms with E-state index in [-0.39, 0.29) is 5.60 Å². The maximum absolute atomic E-state index is 10.6. The summed E-state index contributed by atoms with van der Waals surface area (Å²) < 4.78 is 5.74. The van der Waals surface area contributed by atoms with Crippen molar-refractivity contribution in [1.82, 2.24) is 0 Å². The van der Waals surface area contributed by atoms with Crippen molar-refractivity contribution in [2.75, 3.05) is 7.11 Å². The van der Waals surface area contributed by atoms with E-state index in [0.717, 1.165) is 24.8 Å². The van der Waals surface area contributed by atoms with E-state index < -0.39 is 11.7 Å². The Balaban J connectivity index is 2.51. The van der Waals surface area contributed by atoms with E-state index in [1.807, 2.05) is 0 Å². The third-order valence-electron chi connectivity index (χ3n) is 5.34. The monoisotopic (exact) mass is 268 g/mol. The van der Waals surface area contributed by atoms with Crippen molar-refractivity contribution in [1.29, 1.82) is 0 Å². The molecule has 0 radical (unpaired) electrons. The molecule has 0 fully saturated rings. The molecule has 2 N–H and O–H groups in total. The van der Waals surface area contributed by atoms with Gasteiger partial charge >= 0.3 is 0 Å². The van der Waals surface area contributed by atoms with Crippen LogP contribution in [0, 0.1) is 11.8 Å². The van der Waals surface area contributed by atoms with E-state index in [4.69, 9.17) is 4.74 Å². The smallest absolute Gasteiger partial charge is 0.104 e. The fourth-order valence-electron chi connectivity index (χ4n) is 3.81. The molecule has 0 bridgehead atoms. The molecule has 3 nitrogen and oxygen atoms in total. The molecule has 0 heterocycles. The summed E-state index contributed by atoms with van der Waals surface area (Å²) in [6.45, 7) is 8.25. The summed E-state index contributed by atoms with van der Waals surface area (Å²) in [7, 11) is 1.75. The summed E-state index contributed by atoms with van der Waals surface area (Å²) in [6, 6.07) is 0. The lowest BCUT2D eigenvalue weighted by Gasteiger charge is -2.49. The van der Waals surface area contributed by atoms with Crippen LogP contribution in [0.25, 0.3) is 0 Å². The highest BCUT2D eigenvalue weighted by molar-refractivity contribution is 5.36. The standard InChI is InChI=1S/C16H28O3/c1-10(2)11-6-9-16(4,19-5)12-7-8-15(3,18)14(17)13(11)12/h10-11,14,17-18H,6-9H2,1-5H3. The Labute approximate surface area is 116 Å². The van der Waals surface area contributed by atoms with Crippen LogP contribution in [0.2, 0.25) is 0 Å². The van der Waals surface area contributed by atoms with Crippen molar-refractivity contribution in [2.45, 2.75) is 70.7 Å². The number of hydrogen-bond acceptors (Lipinski definition) is 3. The second kappa shape index (κ2) is 4.87. The highest BCUT2D eigenvalue weighted by Gasteiger charge is 2.48. The zero-order valence-corrected chi connectivity index (χ0v) is 12.9. The predicted octanol–water partition coefficient (Wildman–Crippen LogP) is 2.66. The highest BCUT2D eigenvalue weighted by atomic mass is 16.5. The largest absolute Gasteiger partial charge is 0.387 e. The topological polar surface area (TPSA) is 49.7 Å². The molecule has 19 heavy (non-hydrogen) atoms. The molecule has 0 amide bonds. The molecule has 0 aliphatic heterocycles. The number of methoxy groups -OCH3 is 1. The van der Waals surface area contributed by atoms with E-state index >= 15 is 0 Å². The van der Waals surface area contributed by atoms with Crippen LogP contribution in [0.1, 0.15) is 53.4 Å². The van der Waals surface area contributed by atoms with Crippen LogP contribution in [-0.4, -0.2) is 34.6 Å². The Morgan fingerprint density at radius 1 is 1.26 bits per heavy atom. The lowest BCUT2D eigenvalue weighted by molar-refractivity contribution is -0.0761. The summed E-state index contributed by atoms with van der Waals surface area (Å²) in [5, 5.41) is 21.0. The molecule has 2 rings (SSSR count). The molecule has 0 saturated heterocycles. The molecule has 0 spiro atoms. The summed E-state index contributed by atoms with van der Waals surface area (Å²) >= 11 is 0. The van der Waals surface area contributed by atoms with Crippen molar-refractivity contribution in [3.8, 4) is 0 Å². The first-order valence-corrected chi connectivity index (χ1v) is 7.42. The number of rotatable bonds is 2. The second-order valence-electron chi connectivity index (χ2n) is 7.02. The van der Waals surface area contributed by atoms with Gasteiger partial charge in [0, 0.05) is 7.11 Å². The summed E-state index contributed by atoms with van der Waals surface area (Å²) in [5.41, 5.74) is 1.02. The first kappa shape index (κ1) is 15.0. The maximum atomic E-state index is 10.6. The quantitative estimate of drug-likeness (QED) is 0.757. The van der Waals surface area contributed by atoms with E-state index in [1.54, 1.807) is 14.0 Å². The van der Waals surface area contributed by atoms with Gasteiger partial charge in [-0.25, -0.2) is 0 Å². The van der Waals surface area contributed by atoms with Crippen LogP contribution in [0.3, 0.4) is 0 Å². The third kappa shape index (κ3) is 2.37. The molecule has 0 aromatic heterocycles. The van der Waals surface area contributed by atoms with E-state index in [9.17, 15) is 10.2 Å². The zero-order valence-electron chi connectivity index (χ0n) is 12.9. The molecule has 2 aliphatic carbocycles. The van der Waals surface area contributed by atoms with Gasteiger partial charge in [-0.3, -0.25) is 0 Å². The van der Waals surface area contributed by atoms with Crippen molar-refractivity contribution in [3.05, 3.63) is 11.1 Å². The SMILES string of the molecule is COC1(C)CCC(C(C)C)C2=C1CCC(C)(O)C2O. The average Bonchev–Trinajstić information content (AvgIpc) is 2.34. The summed E-state index contributed by atoms with van der Waals surface area (Å²) in [4.78, 5) is 0. The van der Waals surface area contributed by atoms with Crippen molar-refractivity contribution in [3.63, 3.8) is 0 Å². The van der Waals surface area contributed by atoms with Crippen LogP contribution in [0.4, 0.5) is 0 Å². The molecule has 3 heteroatoms.